The van der Waals surface area contributed by atoms with Crippen molar-refractivity contribution in [2.24, 2.45) is 0 Å². The van der Waals surface area contributed by atoms with Gasteiger partial charge in [0.25, 0.3) is 0 Å². The Morgan fingerprint density at radius 1 is 0.947 bits per heavy atom. The summed E-state index contributed by atoms with van der Waals surface area (Å²) in [5, 5.41) is 8.59. The van der Waals surface area contributed by atoms with E-state index in [1.54, 1.807) is 23.1 Å². The largest absolute Gasteiger partial charge is 0.335 e. The molecule has 0 radical (unpaired) electrons. The number of nitrogens with zero attached hydrogens (tertiary/aromatic N) is 2. The van der Waals surface area contributed by atoms with Crippen LogP contribution in [0, 0.1) is 5.82 Å². The first-order chi connectivity index (χ1) is 18.4. The van der Waals surface area contributed by atoms with Crippen LogP contribution in [0.3, 0.4) is 0 Å². The highest BCUT2D eigenvalue weighted by atomic mass is 35.5. The number of amides is 3. The van der Waals surface area contributed by atoms with Gasteiger partial charge in [0.15, 0.2) is 0 Å². The van der Waals surface area contributed by atoms with Crippen LogP contribution in [-0.4, -0.2) is 52.5 Å². The zero-order chi connectivity index (χ0) is 26.2. The summed E-state index contributed by atoms with van der Waals surface area (Å²) in [5.41, 5.74) is 1.79. The minimum Gasteiger partial charge on any atom is -0.335 e. The second-order valence-corrected chi connectivity index (χ2v) is 11.2. The number of piperidine rings is 1. The lowest BCUT2D eigenvalue weighted by atomic mass is 9.96. The first-order valence-electron chi connectivity index (χ1n) is 13.5. The molecule has 3 aliphatic rings. The molecule has 3 aromatic carbocycles. The third-order valence-corrected chi connectivity index (χ3v) is 8.72. The van der Waals surface area contributed by atoms with Crippen LogP contribution in [0.5, 0.6) is 0 Å². The Bertz CT molecular complexity index is 1350. The molecule has 3 heterocycles. The molecule has 38 heavy (non-hydrogen) atoms. The topological polar surface area (TPSA) is 64.7 Å². The third-order valence-electron chi connectivity index (χ3n) is 8.39. The molecule has 3 amide bonds. The van der Waals surface area contributed by atoms with Crippen LogP contribution in [0.2, 0.25) is 5.02 Å². The van der Waals surface area contributed by atoms with Crippen molar-refractivity contribution in [3.05, 3.63) is 77.1 Å². The zero-order valence-corrected chi connectivity index (χ0v) is 22.0. The van der Waals surface area contributed by atoms with Gasteiger partial charge in [0.05, 0.1) is 10.7 Å². The average Bonchev–Trinajstić information content (AvgIpc) is 3.48. The number of anilines is 1. The summed E-state index contributed by atoms with van der Waals surface area (Å²) in [5.74, 6) is -0.410. The normalized spacial score (nSPS) is 25.1. The number of fused-ring (bicyclic) bond motifs is 3. The lowest BCUT2D eigenvalue weighted by Crippen LogP contribution is -2.54. The van der Waals surface area contributed by atoms with Crippen LogP contribution >= 0.6 is 11.6 Å². The number of hydrogen-bond acceptors (Lipinski definition) is 3. The van der Waals surface area contributed by atoms with Crippen LogP contribution in [0.15, 0.2) is 60.7 Å². The van der Waals surface area contributed by atoms with Gasteiger partial charge in [-0.15, -0.1) is 0 Å². The minimum absolute atomic E-state index is 0.101. The van der Waals surface area contributed by atoms with Gasteiger partial charge < -0.3 is 15.5 Å². The number of nitrogens with one attached hydrogen (secondary N) is 2. The van der Waals surface area contributed by atoms with Gasteiger partial charge in [0.1, 0.15) is 11.9 Å². The lowest BCUT2D eigenvalue weighted by molar-refractivity contribution is -0.119. The van der Waals surface area contributed by atoms with Gasteiger partial charge in [-0.2, -0.15) is 0 Å². The first kappa shape index (κ1) is 25.1. The van der Waals surface area contributed by atoms with Crippen molar-refractivity contribution in [1.29, 1.82) is 0 Å². The number of carbonyl (C=O) groups excluding carboxylic acids is 2. The monoisotopic (exact) mass is 534 g/mol. The zero-order valence-electron chi connectivity index (χ0n) is 21.2. The summed E-state index contributed by atoms with van der Waals surface area (Å²) in [6.07, 6.45) is 5.52. The summed E-state index contributed by atoms with van der Waals surface area (Å²) < 4.78 is 13.5. The molecule has 8 heteroatoms. The molecular weight excluding hydrogens is 503 g/mol. The van der Waals surface area contributed by atoms with Gasteiger partial charge >= 0.3 is 6.03 Å². The lowest BCUT2D eigenvalue weighted by Gasteiger charge is -2.40. The Hall–Kier alpha value is -3.16. The molecule has 6 nitrogen and oxygen atoms in total. The van der Waals surface area contributed by atoms with Gasteiger partial charge in [-0.25, -0.2) is 9.18 Å². The molecule has 3 aromatic rings. The van der Waals surface area contributed by atoms with E-state index in [0.717, 1.165) is 49.4 Å². The van der Waals surface area contributed by atoms with E-state index in [1.807, 2.05) is 24.3 Å². The molecule has 0 spiro atoms. The Kier molecular flexibility index (Phi) is 6.97. The second kappa shape index (κ2) is 10.5. The fourth-order valence-corrected chi connectivity index (χ4v) is 6.73. The van der Waals surface area contributed by atoms with Gasteiger partial charge in [0, 0.05) is 31.2 Å². The Morgan fingerprint density at radius 2 is 1.68 bits per heavy atom. The number of benzene rings is 3. The highest BCUT2D eigenvalue weighted by Crippen LogP contribution is 2.37. The van der Waals surface area contributed by atoms with Crippen LogP contribution in [0.25, 0.3) is 10.8 Å². The fraction of sp³-hybridized carbons (Fsp3) is 0.400. The average molecular weight is 535 g/mol. The Labute approximate surface area is 227 Å². The number of urea groups is 1. The van der Waals surface area contributed by atoms with Crippen molar-refractivity contribution in [3.63, 3.8) is 0 Å². The predicted molar refractivity (Wildman–Crippen MR) is 148 cm³/mol. The summed E-state index contributed by atoms with van der Waals surface area (Å²) in [4.78, 5) is 30.5. The first-order valence-corrected chi connectivity index (χ1v) is 13.9. The number of halogens is 2. The van der Waals surface area contributed by atoms with Crippen LogP contribution < -0.4 is 10.6 Å². The van der Waals surface area contributed by atoms with E-state index in [0.29, 0.717) is 35.8 Å². The fourth-order valence-electron chi connectivity index (χ4n) is 6.54. The van der Waals surface area contributed by atoms with Crippen molar-refractivity contribution in [1.82, 2.24) is 15.1 Å². The van der Waals surface area contributed by atoms with Crippen molar-refractivity contribution in [2.45, 2.75) is 69.2 Å². The molecule has 3 atom stereocenters. The van der Waals surface area contributed by atoms with Crippen molar-refractivity contribution < 1.29 is 14.0 Å². The van der Waals surface area contributed by atoms with Gasteiger partial charge in [-0.05, 0) is 85.2 Å². The van der Waals surface area contributed by atoms with Gasteiger partial charge in [0.2, 0.25) is 5.91 Å². The number of hydrogen-bond donors (Lipinski definition) is 2. The summed E-state index contributed by atoms with van der Waals surface area (Å²) in [6.45, 7) is 1.43. The van der Waals surface area contributed by atoms with E-state index in [2.05, 4.69) is 27.7 Å². The van der Waals surface area contributed by atoms with Crippen LogP contribution in [0.4, 0.5) is 14.9 Å². The maximum Gasteiger partial charge on any atom is 0.318 e. The van der Waals surface area contributed by atoms with E-state index in [-0.39, 0.29) is 23.8 Å². The molecule has 0 aromatic heterocycles. The maximum absolute atomic E-state index is 13.5. The highest BCUT2D eigenvalue weighted by molar-refractivity contribution is 6.33. The molecule has 2 N–H and O–H groups in total. The van der Waals surface area contributed by atoms with E-state index in [4.69, 9.17) is 11.6 Å². The number of likely N-dealkylation sites (tertiary alicyclic amines) is 1. The number of rotatable bonds is 5. The van der Waals surface area contributed by atoms with Gasteiger partial charge in [-0.3, -0.25) is 9.69 Å². The molecule has 0 aliphatic carbocycles. The Balaban J connectivity index is 1.06. The van der Waals surface area contributed by atoms with E-state index in [9.17, 15) is 14.0 Å². The third kappa shape index (κ3) is 5.09. The van der Waals surface area contributed by atoms with Crippen LogP contribution in [0.1, 0.15) is 44.1 Å². The van der Waals surface area contributed by atoms with Crippen molar-refractivity contribution in [3.8, 4) is 0 Å². The van der Waals surface area contributed by atoms with Crippen molar-refractivity contribution >= 4 is 40.0 Å². The molecule has 2 unspecified atom stereocenters. The smallest absolute Gasteiger partial charge is 0.318 e. The summed E-state index contributed by atoms with van der Waals surface area (Å²) in [6, 6.07) is 18.6. The standard InChI is InChI=1S/C30H32ClFN4O2/c31-26-4-1-2-5-27(26)34-29(37)28-6-3-13-35(28)30(38)33-23-16-24-11-12-25(17-23)36(24)18-19-7-8-21-15-22(32)10-9-20(21)14-19/h1-2,4-5,7-10,14-15,23-25,28H,3,6,11-13,16-18H2,(H,33,38)(H,34,37)/t23?,24?,25?,28-/m0/s1. The molecule has 3 saturated heterocycles. The number of carbonyl (C=O) groups is 2. The molecule has 2 bridgehead atoms. The minimum atomic E-state index is -0.496. The molecule has 6 rings (SSSR count). The maximum atomic E-state index is 13.5. The molecule has 0 saturated carbocycles. The summed E-state index contributed by atoms with van der Waals surface area (Å²) in [7, 11) is 0. The Morgan fingerprint density at radius 3 is 2.47 bits per heavy atom. The number of para-hydroxylation sites is 1. The second-order valence-electron chi connectivity index (χ2n) is 10.8. The molecule has 3 fully saturated rings. The molecule has 198 valence electrons. The van der Waals surface area contributed by atoms with Gasteiger partial charge in [-0.1, -0.05) is 41.9 Å². The quantitative estimate of drug-likeness (QED) is 0.426. The summed E-state index contributed by atoms with van der Waals surface area (Å²) >= 11 is 6.20. The van der Waals surface area contributed by atoms with Crippen molar-refractivity contribution in [2.75, 3.05) is 11.9 Å². The van der Waals surface area contributed by atoms with Crippen LogP contribution in [-0.2, 0) is 11.3 Å². The molecule has 3 aliphatic heterocycles. The highest BCUT2D eigenvalue weighted by Gasteiger charge is 2.42. The molecular formula is C30H32ClFN4O2. The van der Waals surface area contributed by atoms with E-state index in [1.165, 1.54) is 11.6 Å². The SMILES string of the molecule is O=C(Nc1ccccc1Cl)[C@@H]1CCCN1C(=O)NC1CC2CCC(C1)N2Cc1ccc2cc(F)ccc2c1. The van der Waals surface area contributed by atoms with E-state index < -0.39 is 6.04 Å². The van der Waals surface area contributed by atoms with E-state index >= 15 is 0 Å². The predicted octanol–water partition coefficient (Wildman–Crippen LogP) is 5.94.